The van der Waals surface area contributed by atoms with E-state index in [1.807, 2.05) is 18.4 Å². The molecule has 6 heteroatoms. The first-order valence-electron chi connectivity index (χ1n) is 7.77. The fourth-order valence-corrected chi connectivity index (χ4v) is 3.32. The van der Waals surface area contributed by atoms with Crippen LogP contribution in [-0.4, -0.2) is 10.9 Å². The maximum absolute atomic E-state index is 12.3. The second-order valence-electron chi connectivity index (χ2n) is 5.40. The van der Waals surface area contributed by atoms with E-state index < -0.39 is 0 Å². The van der Waals surface area contributed by atoms with Crippen LogP contribution in [0.25, 0.3) is 11.3 Å². The Morgan fingerprint density at radius 2 is 2.09 bits per heavy atom. The summed E-state index contributed by atoms with van der Waals surface area (Å²) >= 11 is 13.4. The summed E-state index contributed by atoms with van der Waals surface area (Å²) in [5.41, 5.74) is 1.67. The van der Waals surface area contributed by atoms with Crippen LogP contribution in [0, 0.1) is 5.92 Å². The van der Waals surface area contributed by atoms with Crippen LogP contribution < -0.4 is 5.32 Å². The summed E-state index contributed by atoms with van der Waals surface area (Å²) in [6.45, 7) is 4.18. The molecule has 2 aromatic rings. The molecule has 1 aromatic heterocycles. The summed E-state index contributed by atoms with van der Waals surface area (Å²) in [5, 5.41) is 6.46. The van der Waals surface area contributed by atoms with Crippen molar-refractivity contribution in [2.45, 2.75) is 39.5 Å². The predicted molar refractivity (Wildman–Crippen MR) is 99.5 cm³/mol. The van der Waals surface area contributed by atoms with Crippen LogP contribution >= 0.6 is 34.5 Å². The molecule has 1 amide bonds. The smallest absolute Gasteiger partial charge is 0.229 e. The van der Waals surface area contributed by atoms with E-state index in [1.54, 1.807) is 12.1 Å². The summed E-state index contributed by atoms with van der Waals surface area (Å²) in [6.07, 6.45) is 3.93. The number of nitrogens with one attached hydrogen (secondary N) is 1. The number of unbranched alkanes of at least 4 members (excludes halogenated alkanes) is 1. The molecule has 0 fully saturated rings. The molecule has 1 unspecified atom stereocenters. The van der Waals surface area contributed by atoms with Gasteiger partial charge in [-0.25, -0.2) is 4.98 Å². The number of anilines is 1. The zero-order chi connectivity index (χ0) is 16.8. The Bertz CT molecular complexity index is 672. The highest BCUT2D eigenvalue weighted by atomic mass is 35.5. The average Bonchev–Trinajstić information content (AvgIpc) is 2.99. The van der Waals surface area contributed by atoms with Crippen LogP contribution in [0.5, 0.6) is 0 Å². The van der Waals surface area contributed by atoms with Crippen LogP contribution in [0.4, 0.5) is 5.13 Å². The van der Waals surface area contributed by atoms with Crippen LogP contribution in [0.3, 0.4) is 0 Å². The van der Waals surface area contributed by atoms with E-state index in [0.29, 0.717) is 15.2 Å². The number of halogens is 2. The van der Waals surface area contributed by atoms with Gasteiger partial charge in [-0.2, -0.15) is 0 Å². The van der Waals surface area contributed by atoms with Crippen molar-refractivity contribution in [1.82, 2.24) is 4.98 Å². The highest BCUT2D eigenvalue weighted by Gasteiger charge is 2.17. The maximum Gasteiger partial charge on any atom is 0.229 e. The van der Waals surface area contributed by atoms with E-state index in [1.165, 1.54) is 11.3 Å². The SMILES string of the molecule is CCCCC(CC)C(=O)Nc1nc(-c2ccc(Cl)c(Cl)c2)cs1. The van der Waals surface area contributed by atoms with Crippen LogP contribution in [0.2, 0.25) is 10.0 Å². The van der Waals surface area contributed by atoms with Crippen LogP contribution in [0.15, 0.2) is 23.6 Å². The van der Waals surface area contributed by atoms with E-state index in [2.05, 4.69) is 17.2 Å². The van der Waals surface area contributed by atoms with E-state index in [0.717, 1.165) is 36.9 Å². The molecule has 1 atom stereocenters. The van der Waals surface area contributed by atoms with Crippen molar-refractivity contribution in [3.05, 3.63) is 33.6 Å². The first-order valence-corrected chi connectivity index (χ1v) is 9.40. The predicted octanol–water partition coefficient (Wildman–Crippen LogP) is 6.27. The molecule has 23 heavy (non-hydrogen) atoms. The van der Waals surface area contributed by atoms with Gasteiger partial charge in [-0.3, -0.25) is 4.79 Å². The van der Waals surface area contributed by atoms with Crippen LogP contribution in [0.1, 0.15) is 39.5 Å². The third-order valence-corrected chi connectivity index (χ3v) is 5.22. The van der Waals surface area contributed by atoms with Crippen molar-refractivity contribution < 1.29 is 4.79 Å². The topological polar surface area (TPSA) is 42.0 Å². The number of aromatic nitrogens is 1. The summed E-state index contributed by atoms with van der Waals surface area (Å²) in [4.78, 5) is 16.8. The zero-order valence-corrected chi connectivity index (χ0v) is 15.6. The molecule has 0 aliphatic heterocycles. The maximum atomic E-state index is 12.3. The van der Waals surface area contributed by atoms with Gasteiger partial charge >= 0.3 is 0 Å². The van der Waals surface area contributed by atoms with Gasteiger partial charge in [0.15, 0.2) is 5.13 Å². The molecule has 0 aliphatic rings. The molecule has 0 spiro atoms. The number of benzene rings is 1. The normalized spacial score (nSPS) is 12.2. The quantitative estimate of drug-likeness (QED) is 0.623. The Hall–Kier alpha value is -1.10. The van der Waals surface area contributed by atoms with Crippen molar-refractivity contribution in [3.63, 3.8) is 0 Å². The summed E-state index contributed by atoms with van der Waals surface area (Å²) in [6, 6.07) is 5.39. The monoisotopic (exact) mass is 370 g/mol. The molecule has 1 heterocycles. The molecule has 0 aliphatic carbocycles. The van der Waals surface area contributed by atoms with Crippen molar-refractivity contribution in [3.8, 4) is 11.3 Å². The second-order valence-corrected chi connectivity index (χ2v) is 7.08. The van der Waals surface area contributed by atoms with Gasteiger partial charge in [0.2, 0.25) is 5.91 Å². The highest BCUT2D eigenvalue weighted by Crippen LogP contribution is 2.30. The van der Waals surface area contributed by atoms with Gasteiger partial charge in [0.1, 0.15) is 0 Å². The molecule has 0 saturated heterocycles. The van der Waals surface area contributed by atoms with Gasteiger partial charge in [-0.15, -0.1) is 11.3 Å². The molecule has 1 aromatic carbocycles. The molecule has 0 radical (unpaired) electrons. The fraction of sp³-hybridized carbons (Fsp3) is 0.412. The van der Waals surface area contributed by atoms with E-state index >= 15 is 0 Å². The zero-order valence-electron chi connectivity index (χ0n) is 13.2. The standard InChI is InChI=1S/C17H20Cl2N2OS/c1-3-5-6-11(4-2)16(22)21-17-20-15(10-23-17)12-7-8-13(18)14(19)9-12/h7-11H,3-6H2,1-2H3,(H,20,21,22). The fourth-order valence-electron chi connectivity index (χ4n) is 2.30. The van der Waals surface area contributed by atoms with E-state index in [4.69, 9.17) is 23.2 Å². The van der Waals surface area contributed by atoms with Gasteiger partial charge in [0.05, 0.1) is 15.7 Å². The molecular formula is C17H20Cl2N2OS. The van der Waals surface area contributed by atoms with Crippen molar-refractivity contribution in [2.75, 3.05) is 5.32 Å². The lowest BCUT2D eigenvalue weighted by molar-refractivity contribution is -0.120. The van der Waals surface area contributed by atoms with Crippen molar-refractivity contribution in [2.24, 2.45) is 5.92 Å². The lowest BCUT2D eigenvalue weighted by Crippen LogP contribution is -2.22. The van der Waals surface area contributed by atoms with Crippen molar-refractivity contribution in [1.29, 1.82) is 0 Å². The minimum atomic E-state index is 0.0484. The van der Waals surface area contributed by atoms with Crippen LogP contribution in [-0.2, 0) is 4.79 Å². The summed E-state index contributed by atoms with van der Waals surface area (Å²) in [7, 11) is 0. The van der Waals surface area contributed by atoms with Gasteiger partial charge in [-0.05, 0) is 25.0 Å². The lowest BCUT2D eigenvalue weighted by atomic mass is 9.99. The number of thiazole rings is 1. The number of amides is 1. The summed E-state index contributed by atoms with van der Waals surface area (Å²) in [5.74, 6) is 0.100. The number of rotatable bonds is 7. The third-order valence-electron chi connectivity index (χ3n) is 3.72. The van der Waals surface area contributed by atoms with Gasteiger partial charge in [-0.1, -0.05) is 56.0 Å². The molecule has 3 nitrogen and oxygen atoms in total. The first kappa shape index (κ1) is 18.2. The molecule has 0 bridgehead atoms. The highest BCUT2D eigenvalue weighted by molar-refractivity contribution is 7.14. The van der Waals surface area contributed by atoms with Crippen molar-refractivity contribution >= 4 is 45.6 Å². The number of carbonyl (C=O) groups is 1. The Labute approximate surface area is 151 Å². The van der Waals surface area contributed by atoms with Gasteiger partial charge in [0.25, 0.3) is 0 Å². The van der Waals surface area contributed by atoms with E-state index in [-0.39, 0.29) is 11.8 Å². The molecule has 124 valence electrons. The molecule has 2 rings (SSSR count). The molecule has 0 saturated carbocycles. The second kappa shape index (κ2) is 8.67. The third kappa shape index (κ3) is 4.93. The number of carbonyl (C=O) groups excluding carboxylic acids is 1. The molecule has 1 N–H and O–H groups in total. The first-order chi connectivity index (χ1) is 11.0. The summed E-state index contributed by atoms with van der Waals surface area (Å²) < 4.78 is 0. The van der Waals surface area contributed by atoms with Gasteiger partial charge in [0, 0.05) is 16.9 Å². The Kier molecular flexibility index (Phi) is 6.88. The number of nitrogens with zero attached hydrogens (tertiary/aromatic N) is 1. The molecular weight excluding hydrogens is 351 g/mol. The lowest BCUT2D eigenvalue weighted by Gasteiger charge is -2.12. The van der Waals surface area contributed by atoms with E-state index in [9.17, 15) is 4.79 Å². The average molecular weight is 371 g/mol. The largest absolute Gasteiger partial charge is 0.302 e. The minimum Gasteiger partial charge on any atom is -0.302 e. The number of hydrogen-bond acceptors (Lipinski definition) is 3. The number of hydrogen-bond donors (Lipinski definition) is 1. The van der Waals surface area contributed by atoms with Gasteiger partial charge < -0.3 is 5.32 Å². The Morgan fingerprint density at radius 3 is 2.74 bits per heavy atom. The Morgan fingerprint density at radius 1 is 1.30 bits per heavy atom. The Balaban J connectivity index is 2.06. The minimum absolute atomic E-state index is 0.0484.